The molecule has 1 aromatic rings. The molecule has 6 heteroatoms. The van der Waals surface area contributed by atoms with Gasteiger partial charge in [0.1, 0.15) is 0 Å². The zero-order valence-electron chi connectivity index (χ0n) is 9.36. The van der Waals surface area contributed by atoms with Crippen LogP contribution in [0.25, 0.3) is 0 Å². The Hall–Kier alpha value is 0.0900. The van der Waals surface area contributed by atoms with Crippen LogP contribution < -0.4 is 5.32 Å². The molecular formula is C10H16BrNO2S2. The molecule has 0 saturated heterocycles. The van der Waals surface area contributed by atoms with Crippen molar-refractivity contribution in [2.45, 2.75) is 26.4 Å². The molecule has 1 unspecified atom stereocenters. The Morgan fingerprint density at radius 3 is 2.75 bits per heavy atom. The van der Waals surface area contributed by atoms with Crippen molar-refractivity contribution in [1.29, 1.82) is 0 Å². The second kappa shape index (κ2) is 6.14. The molecule has 0 aromatic carbocycles. The summed E-state index contributed by atoms with van der Waals surface area (Å²) in [5, 5.41) is 5.23. The van der Waals surface area contributed by atoms with Gasteiger partial charge in [0.2, 0.25) is 0 Å². The average molecular weight is 326 g/mol. The van der Waals surface area contributed by atoms with E-state index in [0.717, 1.165) is 11.0 Å². The number of sulfone groups is 1. The predicted molar refractivity (Wildman–Crippen MR) is 72.6 cm³/mol. The molecule has 1 rings (SSSR count). The standard InChI is InChI=1S/C10H16BrNO2S2/c1-3-16(13,14)7-8(2)12-5-10-4-9(11)6-15-10/h4,6,8,12H,3,5,7H2,1-2H3. The molecule has 1 heterocycles. The maximum atomic E-state index is 11.4. The highest BCUT2D eigenvalue weighted by molar-refractivity contribution is 9.10. The number of hydrogen-bond donors (Lipinski definition) is 1. The summed E-state index contributed by atoms with van der Waals surface area (Å²) in [6.07, 6.45) is 0. The zero-order valence-corrected chi connectivity index (χ0v) is 12.6. The van der Waals surface area contributed by atoms with Crippen LogP contribution in [0.5, 0.6) is 0 Å². The first-order valence-corrected chi connectivity index (χ1v) is 8.59. The zero-order chi connectivity index (χ0) is 12.2. The molecule has 0 radical (unpaired) electrons. The fourth-order valence-corrected chi connectivity index (χ4v) is 3.80. The normalized spacial score (nSPS) is 13.9. The van der Waals surface area contributed by atoms with Crippen molar-refractivity contribution in [2.24, 2.45) is 0 Å². The smallest absolute Gasteiger partial charge is 0.151 e. The van der Waals surface area contributed by atoms with E-state index < -0.39 is 9.84 Å². The van der Waals surface area contributed by atoms with Crippen molar-refractivity contribution in [3.8, 4) is 0 Å². The third kappa shape index (κ3) is 4.95. The summed E-state index contributed by atoms with van der Waals surface area (Å²) in [7, 11) is -2.89. The predicted octanol–water partition coefficient (Wildman–Crippen LogP) is 2.42. The number of hydrogen-bond acceptors (Lipinski definition) is 4. The summed E-state index contributed by atoms with van der Waals surface area (Å²) in [4.78, 5) is 1.20. The third-order valence-electron chi connectivity index (χ3n) is 2.19. The van der Waals surface area contributed by atoms with Crippen molar-refractivity contribution < 1.29 is 8.42 Å². The number of thiophene rings is 1. The van der Waals surface area contributed by atoms with Crippen molar-refractivity contribution >= 4 is 37.1 Å². The van der Waals surface area contributed by atoms with E-state index in [-0.39, 0.29) is 17.5 Å². The highest BCUT2D eigenvalue weighted by atomic mass is 79.9. The number of rotatable bonds is 6. The summed E-state index contributed by atoms with van der Waals surface area (Å²) >= 11 is 5.04. The van der Waals surface area contributed by atoms with Gasteiger partial charge >= 0.3 is 0 Å². The third-order valence-corrected chi connectivity index (χ3v) is 5.78. The summed E-state index contributed by atoms with van der Waals surface area (Å²) < 4.78 is 23.8. The Kier molecular flexibility index (Phi) is 5.43. The van der Waals surface area contributed by atoms with E-state index in [9.17, 15) is 8.42 Å². The van der Waals surface area contributed by atoms with E-state index in [2.05, 4.69) is 21.2 Å². The number of halogens is 1. The second-order valence-electron chi connectivity index (χ2n) is 3.71. The van der Waals surface area contributed by atoms with Crippen LogP contribution in [0.3, 0.4) is 0 Å². The molecule has 16 heavy (non-hydrogen) atoms. The van der Waals surface area contributed by atoms with E-state index in [4.69, 9.17) is 0 Å². The molecule has 1 aromatic heterocycles. The first-order chi connectivity index (χ1) is 7.43. The van der Waals surface area contributed by atoms with E-state index in [0.29, 0.717) is 0 Å². The molecular weight excluding hydrogens is 310 g/mol. The number of nitrogens with one attached hydrogen (secondary N) is 1. The van der Waals surface area contributed by atoms with Crippen LogP contribution in [0.1, 0.15) is 18.7 Å². The average Bonchev–Trinajstić information content (AvgIpc) is 2.61. The van der Waals surface area contributed by atoms with Gasteiger partial charge < -0.3 is 5.32 Å². The lowest BCUT2D eigenvalue weighted by Gasteiger charge is -2.12. The van der Waals surface area contributed by atoms with Crippen molar-refractivity contribution in [1.82, 2.24) is 5.32 Å². The summed E-state index contributed by atoms with van der Waals surface area (Å²) in [6, 6.07) is 2.03. The summed E-state index contributed by atoms with van der Waals surface area (Å²) in [6.45, 7) is 4.30. The molecule has 1 atom stereocenters. The van der Waals surface area contributed by atoms with Crippen LogP contribution in [0, 0.1) is 0 Å². The lowest BCUT2D eigenvalue weighted by molar-refractivity contribution is 0.559. The van der Waals surface area contributed by atoms with Crippen LogP contribution in [-0.2, 0) is 16.4 Å². The van der Waals surface area contributed by atoms with Crippen molar-refractivity contribution in [3.05, 3.63) is 20.8 Å². The van der Waals surface area contributed by atoms with Gasteiger partial charge in [0.25, 0.3) is 0 Å². The van der Waals surface area contributed by atoms with Gasteiger partial charge in [-0.3, -0.25) is 0 Å². The molecule has 0 aliphatic rings. The van der Waals surface area contributed by atoms with E-state index in [1.165, 1.54) is 4.88 Å². The first kappa shape index (κ1) is 14.2. The van der Waals surface area contributed by atoms with Gasteiger partial charge in [0.15, 0.2) is 9.84 Å². The molecule has 0 aliphatic heterocycles. The molecule has 0 bridgehead atoms. The van der Waals surface area contributed by atoms with Gasteiger partial charge in [0.05, 0.1) is 5.75 Å². The Balaban J connectivity index is 2.39. The molecule has 0 amide bonds. The van der Waals surface area contributed by atoms with E-state index in [1.807, 2.05) is 18.4 Å². The minimum absolute atomic E-state index is 0.00849. The van der Waals surface area contributed by atoms with E-state index >= 15 is 0 Å². The van der Waals surface area contributed by atoms with Crippen LogP contribution in [0.15, 0.2) is 15.9 Å². The van der Waals surface area contributed by atoms with Gasteiger partial charge in [0, 0.05) is 33.1 Å². The molecule has 92 valence electrons. The van der Waals surface area contributed by atoms with Crippen LogP contribution in [0.4, 0.5) is 0 Å². The van der Waals surface area contributed by atoms with Crippen LogP contribution in [-0.4, -0.2) is 26.0 Å². The first-order valence-electron chi connectivity index (χ1n) is 5.09. The van der Waals surface area contributed by atoms with Crippen LogP contribution in [0.2, 0.25) is 0 Å². The molecule has 0 aliphatic carbocycles. The minimum Gasteiger partial charge on any atom is -0.308 e. The lowest BCUT2D eigenvalue weighted by atomic mass is 10.3. The maximum Gasteiger partial charge on any atom is 0.151 e. The van der Waals surface area contributed by atoms with Crippen molar-refractivity contribution in [3.63, 3.8) is 0 Å². The molecule has 1 N–H and O–H groups in total. The lowest BCUT2D eigenvalue weighted by Crippen LogP contribution is -2.32. The molecule has 0 saturated carbocycles. The second-order valence-corrected chi connectivity index (χ2v) is 8.02. The van der Waals surface area contributed by atoms with Crippen molar-refractivity contribution in [2.75, 3.05) is 11.5 Å². The van der Waals surface area contributed by atoms with Gasteiger partial charge in [-0.25, -0.2) is 8.42 Å². The molecule has 0 fully saturated rings. The summed E-state index contributed by atoms with van der Waals surface area (Å²) in [5.41, 5.74) is 0. The highest BCUT2D eigenvalue weighted by Gasteiger charge is 2.13. The quantitative estimate of drug-likeness (QED) is 0.873. The fraction of sp³-hybridized carbons (Fsp3) is 0.600. The van der Waals surface area contributed by atoms with Crippen LogP contribution >= 0.6 is 27.3 Å². The van der Waals surface area contributed by atoms with Gasteiger partial charge in [-0.1, -0.05) is 6.92 Å². The topological polar surface area (TPSA) is 46.2 Å². The molecule has 0 spiro atoms. The van der Waals surface area contributed by atoms with E-state index in [1.54, 1.807) is 18.3 Å². The SMILES string of the molecule is CCS(=O)(=O)CC(C)NCc1cc(Br)cs1. The Morgan fingerprint density at radius 2 is 2.25 bits per heavy atom. The Labute approximate surface area is 109 Å². The maximum absolute atomic E-state index is 11.4. The minimum atomic E-state index is -2.89. The van der Waals surface area contributed by atoms with Gasteiger partial charge in [-0.2, -0.15) is 0 Å². The Morgan fingerprint density at radius 1 is 1.56 bits per heavy atom. The van der Waals surface area contributed by atoms with Gasteiger partial charge in [-0.15, -0.1) is 11.3 Å². The Bertz CT molecular complexity index is 428. The highest BCUT2D eigenvalue weighted by Crippen LogP contribution is 2.19. The fourth-order valence-electron chi connectivity index (χ4n) is 1.28. The monoisotopic (exact) mass is 325 g/mol. The largest absolute Gasteiger partial charge is 0.308 e. The summed E-state index contributed by atoms with van der Waals surface area (Å²) in [5.74, 6) is 0.416. The van der Waals surface area contributed by atoms with Gasteiger partial charge in [-0.05, 0) is 28.9 Å². The molecule has 3 nitrogen and oxygen atoms in total.